The lowest BCUT2D eigenvalue weighted by Crippen LogP contribution is -2.26. The molecule has 0 amide bonds. The first kappa shape index (κ1) is 12.0. The quantitative estimate of drug-likeness (QED) is 0.798. The first-order chi connectivity index (χ1) is 7.11. The largest absolute Gasteiger partial charge is 0.497 e. The zero-order valence-corrected chi connectivity index (χ0v) is 9.60. The molecule has 0 spiro atoms. The maximum absolute atomic E-state index is 9.22. The van der Waals surface area contributed by atoms with Gasteiger partial charge in [0.15, 0.2) is 0 Å². The van der Waals surface area contributed by atoms with Gasteiger partial charge >= 0.3 is 0 Å². The van der Waals surface area contributed by atoms with Crippen LogP contribution < -0.4 is 4.74 Å². The molecular weight excluding hydrogens is 190 g/mol. The van der Waals surface area contributed by atoms with Crippen LogP contribution in [0.4, 0.5) is 0 Å². The van der Waals surface area contributed by atoms with Crippen LogP contribution in [0.15, 0.2) is 24.3 Å². The Kier molecular flexibility index (Phi) is 4.59. The second-order valence-electron chi connectivity index (χ2n) is 3.89. The van der Waals surface area contributed by atoms with Crippen molar-refractivity contribution < 1.29 is 9.84 Å². The maximum Gasteiger partial charge on any atom is 0.118 e. The van der Waals surface area contributed by atoms with E-state index in [0.717, 1.165) is 12.3 Å². The summed E-state index contributed by atoms with van der Waals surface area (Å²) in [5.74, 6) is 0.872. The molecule has 0 aliphatic rings. The number of hydrogen-bond donors (Lipinski definition) is 1. The van der Waals surface area contributed by atoms with E-state index in [0.29, 0.717) is 6.54 Å². The highest BCUT2D eigenvalue weighted by Gasteiger charge is 2.03. The van der Waals surface area contributed by atoms with Crippen LogP contribution in [0.5, 0.6) is 5.75 Å². The second kappa shape index (κ2) is 5.73. The molecule has 3 nitrogen and oxygen atoms in total. The van der Waals surface area contributed by atoms with Gasteiger partial charge in [-0.05, 0) is 31.7 Å². The van der Waals surface area contributed by atoms with E-state index in [1.54, 1.807) is 14.0 Å². The number of nitrogens with zero attached hydrogens (tertiary/aromatic N) is 1. The van der Waals surface area contributed by atoms with Crippen molar-refractivity contribution in [3.8, 4) is 5.75 Å². The van der Waals surface area contributed by atoms with Crippen LogP contribution >= 0.6 is 0 Å². The number of likely N-dealkylation sites (N-methyl/N-ethyl adjacent to an activating group) is 1. The molecule has 0 saturated carbocycles. The smallest absolute Gasteiger partial charge is 0.118 e. The van der Waals surface area contributed by atoms with Gasteiger partial charge in [0, 0.05) is 13.1 Å². The highest BCUT2D eigenvalue weighted by molar-refractivity contribution is 5.26. The molecule has 15 heavy (non-hydrogen) atoms. The normalized spacial score (nSPS) is 12.9. The highest BCUT2D eigenvalue weighted by atomic mass is 16.5. The van der Waals surface area contributed by atoms with Crippen molar-refractivity contribution >= 4 is 0 Å². The molecule has 0 aliphatic carbocycles. The maximum atomic E-state index is 9.22. The van der Waals surface area contributed by atoms with Crippen LogP contribution in [0.3, 0.4) is 0 Å². The molecule has 0 saturated heterocycles. The fourth-order valence-corrected chi connectivity index (χ4v) is 1.56. The summed E-state index contributed by atoms with van der Waals surface area (Å²) in [6, 6.07) is 7.98. The summed E-state index contributed by atoms with van der Waals surface area (Å²) >= 11 is 0. The van der Waals surface area contributed by atoms with Gasteiger partial charge in [-0.3, -0.25) is 4.90 Å². The number of benzene rings is 1. The van der Waals surface area contributed by atoms with E-state index in [1.807, 2.05) is 31.3 Å². The predicted octanol–water partition coefficient (Wildman–Crippen LogP) is 1.51. The van der Waals surface area contributed by atoms with Crippen molar-refractivity contribution in [1.29, 1.82) is 0 Å². The Morgan fingerprint density at radius 3 is 2.40 bits per heavy atom. The Morgan fingerprint density at radius 2 is 1.93 bits per heavy atom. The average molecular weight is 209 g/mol. The van der Waals surface area contributed by atoms with Gasteiger partial charge in [-0.2, -0.15) is 0 Å². The summed E-state index contributed by atoms with van der Waals surface area (Å²) in [6.45, 7) is 3.32. The molecule has 1 atom stereocenters. The van der Waals surface area contributed by atoms with Crippen LogP contribution in [0.25, 0.3) is 0 Å². The zero-order chi connectivity index (χ0) is 11.3. The molecule has 0 bridgehead atoms. The predicted molar refractivity (Wildman–Crippen MR) is 61.0 cm³/mol. The minimum atomic E-state index is -0.284. The fourth-order valence-electron chi connectivity index (χ4n) is 1.56. The summed E-state index contributed by atoms with van der Waals surface area (Å²) in [5, 5.41) is 9.22. The zero-order valence-electron chi connectivity index (χ0n) is 9.60. The summed E-state index contributed by atoms with van der Waals surface area (Å²) < 4.78 is 5.09. The number of ether oxygens (including phenoxy) is 1. The van der Waals surface area contributed by atoms with Crippen molar-refractivity contribution in [3.63, 3.8) is 0 Å². The molecule has 0 aromatic heterocycles. The molecule has 1 unspecified atom stereocenters. The Labute approximate surface area is 91.3 Å². The van der Waals surface area contributed by atoms with E-state index >= 15 is 0 Å². The molecule has 1 aromatic rings. The van der Waals surface area contributed by atoms with Gasteiger partial charge in [-0.1, -0.05) is 12.1 Å². The Morgan fingerprint density at radius 1 is 1.33 bits per heavy atom. The van der Waals surface area contributed by atoms with Crippen molar-refractivity contribution in [3.05, 3.63) is 29.8 Å². The summed E-state index contributed by atoms with van der Waals surface area (Å²) in [5.41, 5.74) is 1.22. The van der Waals surface area contributed by atoms with Gasteiger partial charge in [-0.25, -0.2) is 0 Å². The first-order valence-corrected chi connectivity index (χ1v) is 5.11. The molecule has 1 aromatic carbocycles. The number of methoxy groups -OCH3 is 1. The van der Waals surface area contributed by atoms with Gasteiger partial charge in [0.25, 0.3) is 0 Å². The van der Waals surface area contributed by atoms with Crippen LogP contribution in [0.1, 0.15) is 12.5 Å². The number of aliphatic hydroxyl groups is 1. The lowest BCUT2D eigenvalue weighted by atomic mass is 10.2. The molecule has 0 aliphatic heterocycles. The summed E-state index contributed by atoms with van der Waals surface area (Å²) in [6.07, 6.45) is -0.284. The lowest BCUT2D eigenvalue weighted by molar-refractivity contribution is 0.138. The topological polar surface area (TPSA) is 32.7 Å². The van der Waals surface area contributed by atoms with E-state index in [2.05, 4.69) is 4.90 Å². The molecule has 84 valence electrons. The standard InChI is InChI=1S/C12H19NO2/c1-10(14)8-13(2)9-11-4-6-12(15-3)7-5-11/h4-7,10,14H,8-9H2,1-3H3. The van der Waals surface area contributed by atoms with Gasteiger partial charge < -0.3 is 9.84 Å². The van der Waals surface area contributed by atoms with Crippen molar-refractivity contribution in [1.82, 2.24) is 4.90 Å². The summed E-state index contributed by atoms with van der Waals surface area (Å²) in [7, 11) is 3.66. The van der Waals surface area contributed by atoms with Crippen LogP contribution in [-0.4, -0.2) is 36.8 Å². The average Bonchev–Trinajstić information content (AvgIpc) is 2.17. The monoisotopic (exact) mass is 209 g/mol. The molecule has 1 rings (SSSR count). The van der Waals surface area contributed by atoms with E-state index in [9.17, 15) is 5.11 Å². The van der Waals surface area contributed by atoms with Crippen LogP contribution in [0, 0.1) is 0 Å². The van der Waals surface area contributed by atoms with Crippen LogP contribution in [0.2, 0.25) is 0 Å². The van der Waals surface area contributed by atoms with E-state index in [-0.39, 0.29) is 6.10 Å². The fraction of sp³-hybridized carbons (Fsp3) is 0.500. The van der Waals surface area contributed by atoms with E-state index < -0.39 is 0 Å². The first-order valence-electron chi connectivity index (χ1n) is 5.11. The molecule has 0 fully saturated rings. The highest BCUT2D eigenvalue weighted by Crippen LogP contribution is 2.12. The number of hydrogen-bond acceptors (Lipinski definition) is 3. The van der Waals surface area contributed by atoms with Gasteiger partial charge in [0.2, 0.25) is 0 Å². The van der Waals surface area contributed by atoms with Gasteiger partial charge in [0.1, 0.15) is 5.75 Å². The molecule has 1 N–H and O–H groups in total. The number of aliphatic hydroxyl groups excluding tert-OH is 1. The van der Waals surface area contributed by atoms with Gasteiger partial charge in [-0.15, -0.1) is 0 Å². The number of rotatable bonds is 5. The van der Waals surface area contributed by atoms with Crippen molar-refractivity contribution in [2.45, 2.75) is 19.6 Å². The molecule has 0 radical (unpaired) electrons. The van der Waals surface area contributed by atoms with Crippen molar-refractivity contribution in [2.75, 3.05) is 20.7 Å². The van der Waals surface area contributed by atoms with E-state index in [4.69, 9.17) is 4.74 Å². The molecule has 0 heterocycles. The third kappa shape index (κ3) is 4.32. The third-order valence-corrected chi connectivity index (χ3v) is 2.19. The Balaban J connectivity index is 2.49. The Bertz CT molecular complexity index is 282. The van der Waals surface area contributed by atoms with E-state index in [1.165, 1.54) is 5.56 Å². The third-order valence-electron chi connectivity index (χ3n) is 2.19. The SMILES string of the molecule is COc1ccc(CN(C)CC(C)O)cc1. The second-order valence-corrected chi connectivity index (χ2v) is 3.89. The molecular formula is C12H19NO2. The van der Waals surface area contributed by atoms with Gasteiger partial charge in [0.05, 0.1) is 13.2 Å². The Hall–Kier alpha value is -1.06. The minimum absolute atomic E-state index is 0.284. The van der Waals surface area contributed by atoms with Crippen molar-refractivity contribution in [2.24, 2.45) is 0 Å². The van der Waals surface area contributed by atoms with Crippen LogP contribution in [-0.2, 0) is 6.54 Å². The lowest BCUT2D eigenvalue weighted by Gasteiger charge is -2.18. The molecule has 3 heteroatoms. The minimum Gasteiger partial charge on any atom is -0.497 e. The summed E-state index contributed by atoms with van der Waals surface area (Å²) in [4.78, 5) is 2.09.